The summed E-state index contributed by atoms with van der Waals surface area (Å²) in [5.41, 5.74) is 1.82. The second-order valence-corrected chi connectivity index (χ2v) is 4.31. The number of hydrogen-bond donors (Lipinski definition) is 0. The average Bonchev–Trinajstić information content (AvgIpc) is 2.03. The Kier molecular flexibility index (Phi) is 4.18. The van der Waals surface area contributed by atoms with E-state index in [-0.39, 0.29) is 0 Å². The summed E-state index contributed by atoms with van der Waals surface area (Å²) >= 11 is 20.7. The highest BCUT2D eigenvalue weighted by Gasteiger charge is 2.10. The van der Waals surface area contributed by atoms with E-state index in [0.717, 1.165) is 11.1 Å². The Morgan fingerprint density at radius 3 is 2.42 bits per heavy atom. The minimum atomic E-state index is -0.517. The normalized spacial score (nSPS) is 10.8. The van der Waals surface area contributed by atoms with E-state index in [4.69, 9.17) is 34.8 Å². The van der Waals surface area contributed by atoms with Crippen LogP contribution in [0.2, 0.25) is 5.02 Å². The summed E-state index contributed by atoms with van der Waals surface area (Å²) < 4.78 is 0. The van der Waals surface area contributed by atoms with Crippen molar-refractivity contribution in [3.8, 4) is 0 Å². The number of halogens is 4. The second-order valence-electron chi connectivity index (χ2n) is 2.24. The van der Waals surface area contributed by atoms with E-state index in [0.29, 0.717) is 10.4 Å². The van der Waals surface area contributed by atoms with Gasteiger partial charge in [-0.25, -0.2) is 0 Å². The molecule has 0 aliphatic heterocycles. The molecule has 0 nitrogen and oxygen atoms in total. The lowest BCUT2D eigenvalue weighted by molar-refractivity contribution is 1.25. The molecule has 1 rings (SSSR count). The summed E-state index contributed by atoms with van der Waals surface area (Å²) in [5, 5.41) is 1.36. The third-order valence-corrected chi connectivity index (χ3v) is 2.91. The van der Waals surface area contributed by atoms with E-state index < -0.39 is 4.84 Å². The van der Waals surface area contributed by atoms with Crippen molar-refractivity contribution >= 4 is 50.7 Å². The van der Waals surface area contributed by atoms with Gasteiger partial charge in [0.15, 0.2) is 0 Å². The first-order valence-electron chi connectivity index (χ1n) is 3.28. The van der Waals surface area contributed by atoms with Gasteiger partial charge < -0.3 is 0 Å². The highest BCUT2D eigenvalue weighted by Crippen LogP contribution is 2.32. The van der Waals surface area contributed by atoms with Gasteiger partial charge in [-0.15, -0.1) is 23.2 Å². The number of rotatable bonds is 2. The lowest BCUT2D eigenvalue weighted by Crippen LogP contribution is -1.90. The Hall–Kier alpha value is 0.570. The first-order valence-corrected chi connectivity index (χ1v) is 5.65. The van der Waals surface area contributed by atoms with Crippen LogP contribution in [0.3, 0.4) is 0 Å². The molecule has 0 spiro atoms. The smallest absolute Gasteiger partial charge is 0.100 e. The molecule has 0 aliphatic carbocycles. The fourth-order valence-corrected chi connectivity index (χ4v) is 2.37. The van der Waals surface area contributed by atoms with Gasteiger partial charge in [-0.05, 0) is 17.2 Å². The molecule has 1 aromatic rings. The summed E-state index contributed by atoms with van der Waals surface area (Å²) in [5.74, 6) is 0. The summed E-state index contributed by atoms with van der Waals surface area (Å²) in [6.07, 6.45) is 0. The molecule has 66 valence electrons. The van der Waals surface area contributed by atoms with Crippen LogP contribution in [0, 0.1) is 0 Å². The molecule has 12 heavy (non-hydrogen) atoms. The Labute approximate surface area is 94.9 Å². The van der Waals surface area contributed by atoms with Crippen molar-refractivity contribution in [1.82, 2.24) is 0 Å². The first-order chi connectivity index (χ1) is 5.66. The predicted octanol–water partition coefficient (Wildman–Crippen LogP) is 4.71. The quantitative estimate of drug-likeness (QED) is 0.691. The summed E-state index contributed by atoms with van der Waals surface area (Å²) in [6.45, 7) is 0. The van der Waals surface area contributed by atoms with Crippen LogP contribution in [0.25, 0.3) is 0 Å². The third kappa shape index (κ3) is 2.29. The van der Waals surface area contributed by atoms with Crippen molar-refractivity contribution in [2.24, 2.45) is 0 Å². The van der Waals surface area contributed by atoms with Crippen molar-refractivity contribution in [1.29, 1.82) is 0 Å². The van der Waals surface area contributed by atoms with Gasteiger partial charge in [0.2, 0.25) is 0 Å². The molecule has 0 unspecified atom stereocenters. The zero-order valence-corrected chi connectivity index (χ0v) is 9.88. The molecule has 0 aliphatic rings. The van der Waals surface area contributed by atoms with Crippen LogP contribution >= 0.6 is 50.7 Å². The molecule has 0 radical (unpaired) electrons. The molecule has 0 atom stereocenters. The Morgan fingerprint density at radius 2 is 2.00 bits per heavy atom. The van der Waals surface area contributed by atoms with Crippen molar-refractivity contribution < 1.29 is 0 Å². The molecule has 0 saturated carbocycles. The van der Waals surface area contributed by atoms with Gasteiger partial charge in [0.25, 0.3) is 0 Å². The molecule has 1 aromatic carbocycles. The lowest BCUT2D eigenvalue weighted by atomic mass is 10.1. The van der Waals surface area contributed by atoms with Gasteiger partial charge in [0, 0.05) is 10.4 Å². The fourth-order valence-electron chi connectivity index (χ4n) is 0.921. The van der Waals surface area contributed by atoms with E-state index >= 15 is 0 Å². The van der Waals surface area contributed by atoms with Crippen molar-refractivity contribution in [3.05, 3.63) is 34.3 Å². The van der Waals surface area contributed by atoms with E-state index in [1.807, 2.05) is 18.2 Å². The monoisotopic (exact) mass is 286 g/mol. The molecule has 0 heterocycles. The highest BCUT2D eigenvalue weighted by molar-refractivity contribution is 9.08. The van der Waals surface area contributed by atoms with Crippen LogP contribution in [0.4, 0.5) is 0 Å². The molecule has 0 aromatic heterocycles. The van der Waals surface area contributed by atoms with E-state index in [1.165, 1.54) is 0 Å². The van der Waals surface area contributed by atoms with Crippen LogP contribution < -0.4 is 0 Å². The molecule has 4 heteroatoms. The lowest BCUT2D eigenvalue weighted by Gasteiger charge is -2.08. The third-order valence-electron chi connectivity index (χ3n) is 1.52. The van der Waals surface area contributed by atoms with Gasteiger partial charge in [-0.3, -0.25) is 0 Å². The predicted molar refractivity (Wildman–Crippen MR) is 58.5 cm³/mol. The zero-order chi connectivity index (χ0) is 9.14. The maximum atomic E-state index is 5.93. The maximum Gasteiger partial charge on any atom is 0.133 e. The van der Waals surface area contributed by atoms with Gasteiger partial charge in [-0.1, -0.05) is 39.7 Å². The molecule has 0 fully saturated rings. The number of hydrogen-bond acceptors (Lipinski definition) is 0. The van der Waals surface area contributed by atoms with E-state index in [1.54, 1.807) is 0 Å². The number of alkyl halides is 3. The Balaban J connectivity index is 3.18. The zero-order valence-electron chi connectivity index (χ0n) is 6.03. The van der Waals surface area contributed by atoms with Gasteiger partial charge in [0.1, 0.15) is 4.84 Å². The van der Waals surface area contributed by atoms with Gasteiger partial charge >= 0.3 is 0 Å². The van der Waals surface area contributed by atoms with Crippen LogP contribution in [-0.2, 0) is 5.33 Å². The largest absolute Gasteiger partial charge is 0.133 e. The minimum Gasteiger partial charge on any atom is -0.100 e. The Bertz CT molecular complexity index is 273. The maximum absolute atomic E-state index is 5.93. The molecular formula is C8H6BrCl3. The van der Waals surface area contributed by atoms with Gasteiger partial charge in [0.05, 0.1) is 0 Å². The molecular weight excluding hydrogens is 282 g/mol. The second kappa shape index (κ2) is 4.71. The standard InChI is InChI=1S/C8H6BrCl3/c9-4-6-5(8(11)12)2-1-3-7(6)10/h1-3,8H,4H2. The van der Waals surface area contributed by atoms with E-state index in [2.05, 4.69) is 15.9 Å². The highest BCUT2D eigenvalue weighted by atomic mass is 79.9. The van der Waals surface area contributed by atoms with Crippen LogP contribution in [0.5, 0.6) is 0 Å². The SMILES string of the molecule is Clc1cccc(C(Cl)Cl)c1CBr. The minimum absolute atomic E-state index is 0.517. The molecule has 0 amide bonds. The topological polar surface area (TPSA) is 0 Å². The first kappa shape index (κ1) is 10.6. The van der Waals surface area contributed by atoms with Crippen molar-refractivity contribution in [3.63, 3.8) is 0 Å². The van der Waals surface area contributed by atoms with Crippen LogP contribution in [0.15, 0.2) is 18.2 Å². The fraction of sp³-hybridized carbons (Fsp3) is 0.250. The van der Waals surface area contributed by atoms with Gasteiger partial charge in [-0.2, -0.15) is 0 Å². The molecule has 0 saturated heterocycles. The average molecular weight is 288 g/mol. The van der Waals surface area contributed by atoms with Crippen molar-refractivity contribution in [2.75, 3.05) is 0 Å². The van der Waals surface area contributed by atoms with Crippen molar-refractivity contribution in [2.45, 2.75) is 10.2 Å². The van der Waals surface area contributed by atoms with Crippen LogP contribution in [0.1, 0.15) is 16.0 Å². The summed E-state index contributed by atoms with van der Waals surface area (Å²) in [7, 11) is 0. The summed E-state index contributed by atoms with van der Waals surface area (Å²) in [4.78, 5) is -0.517. The molecule has 0 bridgehead atoms. The molecule has 0 N–H and O–H groups in total. The number of benzene rings is 1. The summed E-state index contributed by atoms with van der Waals surface area (Å²) in [6, 6.07) is 5.52. The van der Waals surface area contributed by atoms with E-state index in [9.17, 15) is 0 Å². The Morgan fingerprint density at radius 1 is 1.33 bits per heavy atom. The van der Waals surface area contributed by atoms with Crippen LogP contribution in [-0.4, -0.2) is 0 Å².